The van der Waals surface area contributed by atoms with Gasteiger partial charge >= 0.3 is 11.9 Å². The molecule has 156 valence electrons. The third-order valence-electron chi connectivity index (χ3n) is 3.96. The zero-order valence-corrected chi connectivity index (χ0v) is 17.2. The zero-order valence-electron chi connectivity index (χ0n) is 15.6. The van der Waals surface area contributed by atoms with Gasteiger partial charge in [0.05, 0.1) is 12.5 Å². The lowest BCUT2D eigenvalue weighted by atomic mass is 10.1. The number of ether oxygens (including phenoxy) is 1. The molecule has 0 heterocycles. The second kappa shape index (κ2) is 11.4. The van der Waals surface area contributed by atoms with Crippen molar-refractivity contribution in [2.24, 2.45) is 5.73 Å². The van der Waals surface area contributed by atoms with E-state index in [1.165, 1.54) is 0 Å². The number of benzene rings is 2. The number of aryl methyl sites for hydroxylation is 1. The molecule has 29 heavy (non-hydrogen) atoms. The first-order valence-corrected chi connectivity index (χ1v) is 8.93. The lowest BCUT2D eigenvalue weighted by Gasteiger charge is -2.20. The standard InChI is InChI=1S/C20H21ClN2O5.ClH/c1-12-9-14(21)7-8-17(12)28-20(27)16(10-13-5-3-2-4-6-13)23-19(26)15(22)11-18(24)25;/h2-9,15-16H,10-11,22H2,1H3,(H,23,26)(H,24,25);1H/t15-,16-;/m0./s1. The Morgan fingerprint density at radius 2 is 1.83 bits per heavy atom. The normalized spacial score (nSPS) is 12.2. The SMILES string of the molecule is Cc1cc(Cl)ccc1OC(=O)[C@H](Cc1ccccc1)NC(=O)[C@@H](N)CC(=O)O.Cl. The summed E-state index contributed by atoms with van der Waals surface area (Å²) in [6.45, 7) is 1.74. The zero-order chi connectivity index (χ0) is 20.7. The van der Waals surface area contributed by atoms with E-state index in [4.69, 9.17) is 27.2 Å². The van der Waals surface area contributed by atoms with Gasteiger partial charge in [-0.3, -0.25) is 9.59 Å². The second-order valence-electron chi connectivity index (χ2n) is 6.29. The molecule has 0 saturated heterocycles. The van der Waals surface area contributed by atoms with Crippen molar-refractivity contribution in [3.63, 3.8) is 0 Å². The lowest BCUT2D eigenvalue weighted by Crippen LogP contribution is -2.51. The molecule has 2 rings (SSSR count). The van der Waals surface area contributed by atoms with Crippen LogP contribution in [0.15, 0.2) is 48.5 Å². The fourth-order valence-electron chi connectivity index (χ4n) is 2.51. The number of esters is 1. The first-order chi connectivity index (χ1) is 13.3. The number of carboxylic acid groups (broad SMARTS) is 1. The number of rotatable bonds is 8. The number of nitrogens with one attached hydrogen (secondary N) is 1. The van der Waals surface area contributed by atoms with E-state index in [2.05, 4.69) is 5.32 Å². The van der Waals surface area contributed by atoms with Gasteiger partial charge in [-0.1, -0.05) is 41.9 Å². The van der Waals surface area contributed by atoms with Crippen molar-refractivity contribution < 1.29 is 24.2 Å². The third kappa shape index (κ3) is 7.73. The maximum Gasteiger partial charge on any atom is 0.334 e. The molecule has 9 heteroatoms. The monoisotopic (exact) mass is 440 g/mol. The number of halogens is 2. The first kappa shape index (κ1) is 24.4. The van der Waals surface area contributed by atoms with Crippen LogP contribution in [0.1, 0.15) is 17.5 Å². The number of aliphatic carboxylic acids is 1. The van der Waals surface area contributed by atoms with Gasteiger partial charge in [0.25, 0.3) is 0 Å². The number of hydrogen-bond donors (Lipinski definition) is 3. The largest absolute Gasteiger partial charge is 0.481 e. The number of carboxylic acids is 1. The van der Waals surface area contributed by atoms with E-state index in [0.29, 0.717) is 16.3 Å². The molecule has 0 bridgehead atoms. The quantitative estimate of drug-likeness (QED) is 0.428. The average Bonchev–Trinajstić information content (AvgIpc) is 2.63. The van der Waals surface area contributed by atoms with Crippen LogP contribution in [0.25, 0.3) is 0 Å². The fraction of sp³-hybridized carbons (Fsp3) is 0.250. The molecule has 0 spiro atoms. The van der Waals surface area contributed by atoms with Gasteiger partial charge in [0.1, 0.15) is 11.8 Å². The minimum Gasteiger partial charge on any atom is -0.481 e. The Kier molecular flexibility index (Phi) is 9.61. The first-order valence-electron chi connectivity index (χ1n) is 8.55. The van der Waals surface area contributed by atoms with Crippen LogP contribution < -0.4 is 15.8 Å². The van der Waals surface area contributed by atoms with Crippen LogP contribution in [0.3, 0.4) is 0 Å². The van der Waals surface area contributed by atoms with Gasteiger partial charge < -0.3 is 20.9 Å². The molecule has 2 atom stereocenters. The molecule has 0 fully saturated rings. The van der Waals surface area contributed by atoms with Crippen LogP contribution in [0.4, 0.5) is 0 Å². The van der Waals surface area contributed by atoms with E-state index in [1.807, 2.05) is 6.07 Å². The van der Waals surface area contributed by atoms with Gasteiger partial charge in [0.2, 0.25) is 5.91 Å². The lowest BCUT2D eigenvalue weighted by molar-refractivity contribution is -0.141. The summed E-state index contributed by atoms with van der Waals surface area (Å²) in [4.78, 5) is 35.7. The molecular weight excluding hydrogens is 419 g/mol. The molecule has 0 aliphatic rings. The number of carbonyl (C=O) groups is 3. The Morgan fingerprint density at radius 1 is 1.17 bits per heavy atom. The van der Waals surface area contributed by atoms with E-state index >= 15 is 0 Å². The van der Waals surface area contributed by atoms with Crippen molar-refractivity contribution in [2.75, 3.05) is 0 Å². The highest BCUT2D eigenvalue weighted by Crippen LogP contribution is 2.22. The van der Waals surface area contributed by atoms with Crippen molar-refractivity contribution in [2.45, 2.75) is 31.8 Å². The summed E-state index contributed by atoms with van der Waals surface area (Å²) < 4.78 is 5.43. The Balaban J connectivity index is 0.00000420. The van der Waals surface area contributed by atoms with Crippen molar-refractivity contribution >= 4 is 41.9 Å². The predicted molar refractivity (Wildman–Crippen MR) is 111 cm³/mol. The van der Waals surface area contributed by atoms with Crippen molar-refractivity contribution in [1.29, 1.82) is 0 Å². The Morgan fingerprint density at radius 3 is 2.41 bits per heavy atom. The number of amides is 1. The maximum atomic E-state index is 12.7. The summed E-state index contributed by atoms with van der Waals surface area (Å²) in [6.07, 6.45) is -0.382. The van der Waals surface area contributed by atoms with Crippen molar-refractivity contribution in [3.8, 4) is 5.75 Å². The fourth-order valence-corrected chi connectivity index (χ4v) is 2.74. The van der Waals surface area contributed by atoms with Crippen molar-refractivity contribution in [1.82, 2.24) is 5.32 Å². The van der Waals surface area contributed by atoms with Crippen LogP contribution in [0, 0.1) is 6.92 Å². The molecule has 2 aromatic rings. The summed E-state index contributed by atoms with van der Waals surface area (Å²) >= 11 is 5.91. The van der Waals surface area contributed by atoms with E-state index < -0.39 is 36.4 Å². The van der Waals surface area contributed by atoms with Gasteiger partial charge in [-0.2, -0.15) is 0 Å². The molecule has 0 radical (unpaired) electrons. The molecular formula is C20H22Cl2N2O5. The van der Waals surface area contributed by atoms with Crippen LogP contribution in [0.5, 0.6) is 5.75 Å². The topological polar surface area (TPSA) is 119 Å². The van der Waals surface area contributed by atoms with Crippen LogP contribution in [-0.2, 0) is 20.8 Å². The summed E-state index contributed by atoms with van der Waals surface area (Å²) in [5.41, 5.74) is 7.05. The van der Waals surface area contributed by atoms with E-state index in [-0.39, 0.29) is 18.8 Å². The molecule has 1 amide bonds. The third-order valence-corrected chi connectivity index (χ3v) is 4.20. The summed E-state index contributed by atoms with van der Waals surface area (Å²) in [5.74, 6) is -2.32. The summed E-state index contributed by atoms with van der Waals surface area (Å²) in [7, 11) is 0. The molecule has 0 saturated carbocycles. The van der Waals surface area contributed by atoms with E-state index in [1.54, 1.807) is 49.4 Å². The molecule has 2 aromatic carbocycles. The minimum absolute atomic E-state index is 0. The van der Waals surface area contributed by atoms with Crippen LogP contribution in [0.2, 0.25) is 5.02 Å². The van der Waals surface area contributed by atoms with Crippen LogP contribution in [-0.4, -0.2) is 35.0 Å². The summed E-state index contributed by atoms with van der Waals surface area (Å²) in [6, 6.07) is 11.5. The van der Waals surface area contributed by atoms with Crippen molar-refractivity contribution in [3.05, 3.63) is 64.7 Å². The Labute approximate surface area is 179 Å². The minimum atomic E-state index is -1.28. The van der Waals surface area contributed by atoms with Gasteiger partial charge in [-0.15, -0.1) is 12.4 Å². The van der Waals surface area contributed by atoms with Crippen LogP contribution >= 0.6 is 24.0 Å². The highest BCUT2D eigenvalue weighted by molar-refractivity contribution is 6.30. The average molecular weight is 441 g/mol. The Hall–Kier alpha value is -2.61. The second-order valence-corrected chi connectivity index (χ2v) is 6.72. The molecule has 0 aliphatic carbocycles. The number of carbonyl (C=O) groups excluding carboxylic acids is 2. The predicted octanol–water partition coefficient (Wildman–Crippen LogP) is 2.51. The Bertz CT molecular complexity index is 861. The highest BCUT2D eigenvalue weighted by Gasteiger charge is 2.27. The van der Waals surface area contributed by atoms with E-state index in [0.717, 1.165) is 5.56 Å². The van der Waals surface area contributed by atoms with Gasteiger partial charge in [-0.25, -0.2) is 4.79 Å². The molecule has 4 N–H and O–H groups in total. The van der Waals surface area contributed by atoms with Gasteiger partial charge in [0, 0.05) is 11.4 Å². The molecule has 0 aliphatic heterocycles. The number of hydrogen-bond acceptors (Lipinski definition) is 5. The molecule has 0 unspecified atom stereocenters. The maximum absolute atomic E-state index is 12.7. The smallest absolute Gasteiger partial charge is 0.334 e. The van der Waals surface area contributed by atoms with Gasteiger partial charge in [0.15, 0.2) is 0 Å². The molecule has 7 nitrogen and oxygen atoms in total. The highest BCUT2D eigenvalue weighted by atomic mass is 35.5. The molecule has 0 aromatic heterocycles. The van der Waals surface area contributed by atoms with Gasteiger partial charge in [-0.05, 0) is 36.2 Å². The van der Waals surface area contributed by atoms with E-state index in [9.17, 15) is 14.4 Å². The summed E-state index contributed by atoms with van der Waals surface area (Å²) in [5, 5.41) is 11.8. The number of nitrogens with two attached hydrogens (primary N) is 1.